The molecule has 0 aliphatic carbocycles. The van der Waals surface area contributed by atoms with Gasteiger partial charge < -0.3 is 0 Å². The molecule has 0 rings (SSSR count). The van der Waals surface area contributed by atoms with Gasteiger partial charge >= 0.3 is 9.15 Å². The van der Waals surface area contributed by atoms with E-state index in [9.17, 15) is 12.6 Å². The molecule has 20 heavy (non-hydrogen) atoms. The monoisotopic (exact) mass is 346 g/mol. The van der Waals surface area contributed by atoms with Crippen molar-refractivity contribution in [3.8, 4) is 0 Å². The molecule has 0 radical (unpaired) electrons. The molecule has 0 aromatic rings. The van der Waals surface area contributed by atoms with Crippen LogP contribution in [0.25, 0.3) is 0 Å². The Hall–Kier alpha value is 0.240. The Morgan fingerprint density at radius 2 is 1.25 bits per heavy atom. The zero-order valence-electron chi connectivity index (χ0n) is 12.1. The summed E-state index contributed by atoms with van der Waals surface area (Å²) in [5.74, 6) is 0. The maximum atomic E-state index is 11.2. The van der Waals surface area contributed by atoms with Crippen LogP contribution in [0.15, 0.2) is 0 Å². The molecule has 0 heterocycles. The average molecular weight is 347 g/mol. The summed E-state index contributed by atoms with van der Waals surface area (Å²) in [5, 5.41) is 0. The van der Waals surface area contributed by atoms with Crippen LogP contribution in [0.2, 0.25) is 0 Å². The lowest BCUT2D eigenvalue weighted by Gasteiger charge is -2.05. The van der Waals surface area contributed by atoms with Crippen molar-refractivity contribution < 1.29 is 21.4 Å². The van der Waals surface area contributed by atoms with Gasteiger partial charge in [-0.2, -0.15) is 8.42 Å². The molecule has 1 N–H and O–H groups in total. The molecule has 0 aromatic heterocycles. The van der Waals surface area contributed by atoms with Gasteiger partial charge in [-0.05, 0) is 6.42 Å². The Balaban J connectivity index is 3.42. The maximum absolute atomic E-state index is 11.2. The van der Waals surface area contributed by atoms with E-state index < -0.39 is 17.0 Å². The van der Waals surface area contributed by atoms with Crippen LogP contribution >= 0.6 is 0 Å². The highest BCUT2D eigenvalue weighted by Gasteiger charge is 2.23. The molecule has 122 valence electrons. The summed E-state index contributed by atoms with van der Waals surface area (Å²) in [7, 11) is -8.84. The lowest BCUT2D eigenvalue weighted by Crippen LogP contribution is -2.16. The maximum Gasteiger partial charge on any atom is 0.373 e. The smallest absolute Gasteiger partial charge is 0.277 e. The van der Waals surface area contributed by atoms with Crippen molar-refractivity contribution in [2.24, 2.45) is 0 Å². The first kappa shape index (κ1) is 20.2. The van der Waals surface area contributed by atoms with Crippen molar-refractivity contribution in [1.82, 2.24) is 0 Å². The minimum atomic E-state index is -4.79. The molecule has 1 unspecified atom stereocenters. The highest BCUT2D eigenvalue weighted by Crippen LogP contribution is 2.11. The molecule has 8 heteroatoms. The van der Waals surface area contributed by atoms with E-state index in [0.29, 0.717) is 6.42 Å². The first-order chi connectivity index (χ1) is 9.31. The van der Waals surface area contributed by atoms with Crippen molar-refractivity contribution in [2.45, 2.75) is 71.1 Å². The normalized spacial score (nSPS) is 15.1. The Bertz CT molecular complexity index is 428. The molecule has 1 atom stereocenters. The number of hydrogen-bond acceptors (Lipinski definition) is 5. The van der Waals surface area contributed by atoms with E-state index in [1.165, 1.54) is 38.5 Å². The van der Waals surface area contributed by atoms with Crippen LogP contribution in [0, 0.1) is 0 Å². The third kappa shape index (κ3) is 10.0. The third-order valence-corrected chi connectivity index (χ3v) is 7.63. The van der Waals surface area contributed by atoms with Crippen molar-refractivity contribution in [2.75, 3.05) is 6.61 Å². The van der Waals surface area contributed by atoms with Gasteiger partial charge in [0, 0.05) is 11.2 Å². The molecule has 0 spiro atoms. The molecule has 0 saturated heterocycles. The van der Waals surface area contributed by atoms with Crippen LogP contribution in [0.4, 0.5) is 0 Å². The second kappa shape index (κ2) is 10.9. The predicted molar refractivity (Wildman–Crippen MR) is 84.9 cm³/mol. The Kier molecular flexibility index (Phi) is 11.0. The van der Waals surface area contributed by atoms with Gasteiger partial charge in [-0.3, -0.25) is 8.74 Å². The zero-order valence-corrected chi connectivity index (χ0v) is 14.5. The summed E-state index contributed by atoms with van der Waals surface area (Å²) in [5.41, 5.74) is 0. The fourth-order valence-corrected chi connectivity index (χ4v) is 3.03. The van der Waals surface area contributed by atoms with Crippen LogP contribution in [0.3, 0.4) is 0 Å². The predicted octanol–water partition coefficient (Wildman–Crippen LogP) is 3.39. The average Bonchev–Trinajstić information content (AvgIpc) is 2.34. The quantitative estimate of drug-likeness (QED) is 0.313. The van der Waals surface area contributed by atoms with Crippen LogP contribution in [0.5, 0.6) is 0 Å². The summed E-state index contributed by atoms with van der Waals surface area (Å²) in [6, 6.07) is 0. The molecule has 0 amide bonds. The fraction of sp³-hybridized carbons (Fsp3) is 1.00. The summed E-state index contributed by atoms with van der Waals surface area (Å²) in [4.78, 5) is 0. The molecular weight excluding hydrogens is 320 g/mol. The van der Waals surface area contributed by atoms with Crippen LogP contribution < -0.4 is 0 Å². The van der Waals surface area contributed by atoms with Gasteiger partial charge in [-0.25, -0.2) is 4.21 Å². The Morgan fingerprint density at radius 3 is 1.65 bits per heavy atom. The van der Waals surface area contributed by atoms with E-state index in [-0.39, 0.29) is 6.61 Å². The zero-order chi connectivity index (χ0) is 15.5. The highest BCUT2D eigenvalue weighted by atomic mass is 33.4. The molecular formula is C12H26O5S3. The molecule has 0 fully saturated rings. The van der Waals surface area contributed by atoms with Crippen LogP contribution in [0.1, 0.15) is 71.1 Å². The molecule has 0 saturated carbocycles. The van der Waals surface area contributed by atoms with Gasteiger partial charge in [0.2, 0.25) is 0 Å². The van der Waals surface area contributed by atoms with E-state index in [2.05, 4.69) is 22.3 Å². The fourth-order valence-electron chi connectivity index (χ4n) is 1.81. The van der Waals surface area contributed by atoms with Crippen molar-refractivity contribution in [1.29, 1.82) is 0 Å². The van der Waals surface area contributed by atoms with Gasteiger partial charge in [0.05, 0.1) is 6.61 Å². The molecule has 0 aliphatic rings. The van der Waals surface area contributed by atoms with Gasteiger partial charge in [-0.15, -0.1) is 0 Å². The van der Waals surface area contributed by atoms with Crippen molar-refractivity contribution >= 4 is 28.1 Å². The van der Waals surface area contributed by atoms with E-state index >= 15 is 0 Å². The molecule has 0 bridgehead atoms. The summed E-state index contributed by atoms with van der Waals surface area (Å²) in [6.07, 6.45) is 11.3. The molecule has 5 nitrogen and oxygen atoms in total. The minimum absolute atomic E-state index is 0.00137. The highest BCUT2D eigenvalue weighted by molar-refractivity contribution is 8.78. The minimum Gasteiger partial charge on any atom is -0.277 e. The first-order valence-corrected chi connectivity index (χ1v) is 11.5. The lowest BCUT2D eigenvalue weighted by atomic mass is 10.1. The summed E-state index contributed by atoms with van der Waals surface area (Å²) < 4.78 is 45.6. The summed E-state index contributed by atoms with van der Waals surface area (Å²) >= 11 is 4.22. The van der Waals surface area contributed by atoms with Crippen LogP contribution in [-0.4, -0.2) is 23.8 Å². The topological polar surface area (TPSA) is 80.7 Å². The van der Waals surface area contributed by atoms with Gasteiger partial charge in [0.15, 0.2) is 0 Å². The number of hydrogen-bond donors (Lipinski definition) is 1. The van der Waals surface area contributed by atoms with E-state index in [1.807, 2.05) is 0 Å². The lowest BCUT2D eigenvalue weighted by molar-refractivity contribution is 0.333. The van der Waals surface area contributed by atoms with E-state index in [4.69, 9.17) is 4.55 Å². The van der Waals surface area contributed by atoms with Crippen molar-refractivity contribution in [3.05, 3.63) is 0 Å². The first-order valence-electron chi connectivity index (χ1n) is 7.18. The SMILES string of the molecule is CCCCCCCCCCCCOS(=O)(=S)S(=O)(=O)O. The van der Waals surface area contributed by atoms with Crippen LogP contribution in [-0.2, 0) is 32.3 Å². The second-order valence-electron chi connectivity index (χ2n) is 4.84. The molecule has 0 aromatic carbocycles. The molecule has 0 aliphatic heterocycles. The van der Waals surface area contributed by atoms with Gasteiger partial charge in [0.25, 0.3) is 7.80 Å². The van der Waals surface area contributed by atoms with Crippen molar-refractivity contribution in [3.63, 3.8) is 0 Å². The van der Waals surface area contributed by atoms with E-state index in [0.717, 1.165) is 19.3 Å². The van der Waals surface area contributed by atoms with Gasteiger partial charge in [-0.1, -0.05) is 64.7 Å². The standard InChI is InChI=1S/C12H26O5S3/c1-2-3-4-5-6-7-8-9-10-11-12-17-20(16,18)19(13,14)15/h2-12H2,1H3,(H,13,14,15). The second-order valence-corrected chi connectivity index (χ2v) is 11.3. The number of unbranched alkanes of at least 4 members (excludes halogenated alkanes) is 9. The summed E-state index contributed by atoms with van der Waals surface area (Å²) in [6.45, 7) is 2.20. The Morgan fingerprint density at radius 1 is 0.850 bits per heavy atom. The van der Waals surface area contributed by atoms with E-state index in [1.54, 1.807) is 0 Å². The third-order valence-electron chi connectivity index (χ3n) is 2.98. The Labute approximate surface area is 127 Å². The number of rotatable bonds is 13. The van der Waals surface area contributed by atoms with Gasteiger partial charge in [0.1, 0.15) is 0 Å². The largest absolute Gasteiger partial charge is 0.373 e.